The molecule has 0 fully saturated rings. The highest BCUT2D eigenvalue weighted by molar-refractivity contribution is 4.96. The average molecular weight is 180 g/mol. The Hall–Kier alpha value is -1.69. The summed E-state index contributed by atoms with van der Waals surface area (Å²) in [6.07, 6.45) is 3.10. The van der Waals surface area contributed by atoms with E-state index in [0.717, 1.165) is 0 Å². The molecule has 2 aromatic rings. The standard InChI is InChI=1S/C7H8N4O2/c12-4-7-10-8-5-11(7)3-6-1-2-9-13-6/h1-2,5,12H,3-4H2. The van der Waals surface area contributed by atoms with Gasteiger partial charge in [-0.05, 0) is 0 Å². The molecular weight excluding hydrogens is 172 g/mol. The van der Waals surface area contributed by atoms with E-state index in [-0.39, 0.29) is 6.61 Å². The van der Waals surface area contributed by atoms with Crippen LogP contribution in [0.2, 0.25) is 0 Å². The Morgan fingerprint density at radius 2 is 2.46 bits per heavy atom. The number of hydrogen-bond acceptors (Lipinski definition) is 5. The first-order valence-electron chi connectivity index (χ1n) is 3.77. The van der Waals surface area contributed by atoms with E-state index in [9.17, 15) is 0 Å². The predicted molar refractivity (Wildman–Crippen MR) is 41.5 cm³/mol. The van der Waals surface area contributed by atoms with Crippen LogP contribution < -0.4 is 0 Å². The highest BCUT2D eigenvalue weighted by Gasteiger charge is 2.04. The molecule has 2 rings (SSSR count). The van der Waals surface area contributed by atoms with Gasteiger partial charge in [0, 0.05) is 6.07 Å². The summed E-state index contributed by atoms with van der Waals surface area (Å²) < 4.78 is 6.59. The molecule has 2 aromatic heterocycles. The van der Waals surface area contributed by atoms with Crippen molar-refractivity contribution in [1.82, 2.24) is 19.9 Å². The molecule has 68 valence electrons. The van der Waals surface area contributed by atoms with Crippen LogP contribution in [0.3, 0.4) is 0 Å². The maximum Gasteiger partial charge on any atom is 0.159 e. The van der Waals surface area contributed by atoms with Crippen LogP contribution in [-0.4, -0.2) is 25.0 Å². The topological polar surface area (TPSA) is 77.0 Å². The summed E-state index contributed by atoms with van der Waals surface area (Å²) in [6.45, 7) is 0.358. The largest absolute Gasteiger partial charge is 0.388 e. The molecule has 0 aliphatic carbocycles. The molecule has 1 N–H and O–H groups in total. The molecule has 0 aliphatic rings. The SMILES string of the molecule is OCc1nncn1Cc1ccno1. The molecule has 0 saturated carbocycles. The first kappa shape index (κ1) is 7.93. The van der Waals surface area contributed by atoms with Gasteiger partial charge in [0.15, 0.2) is 11.6 Å². The maximum atomic E-state index is 8.87. The number of aliphatic hydroxyl groups is 1. The molecule has 6 heteroatoms. The van der Waals surface area contributed by atoms with Crippen LogP contribution in [0.25, 0.3) is 0 Å². The molecule has 2 heterocycles. The zero-order valence-electron chi connectivity index (χ0n) is 6.79. The summed E-state index contributed by atoms with van der Waals surface area (Å²) in [4.78, 5) is 0. The van der Waals surface area contributed by atoms with Crippen molar-refractivity contribution in [1.29, 1.82) is 0 Å². The highest BCUT2D eigenvalue weighted by Crippen LogP contribution is 2.02. The van der Waals surface area contributed by atoms with E-state index < -0.39 is 0 Å². The minimum atomic E-state index is -0.131. The highest BCUT2D eigenvalue weighted by atomic mass is 16.5. The normalized spacial score (nSPS) is 10.5. The molecule has 0 aromatic carbocycles. The van der Waals surface area contributed by atoms with E-state index in [4.69, 9.17) is 9.63 Å². The van der Waals surface area contributed by atoms with Gasteiger partial charge < -0.3 is 14.2 Å². The van der Waals surface area contributed by atoms with Crippen LogP contribution >= 0.6 is 0 Å². The van der Waals surface area contributed by atoms with Crippen molar-refractivity contribution in [3.8, 4) is 0 Å². The number of aliphatic hydroxyl groups excluding tert-OH is 1. The summed E-state index contributed by atoms with van der Waals surface area (Å²) in [6, 6.07) is 1.75. The van der Waals surface area contributed by atoms with E-state index in [1.165, 1.54) is 6.33 Å². The molecule has 0 bridgehead atoms. The monoisotopic (exact) mass is 180 g/mol. The fourth-order valence-corrected chi connectivity index (χ4v) is 1.02. The van der Waals surface area contributed by atoms with Crippen LogP contribution in [0.5, 0.6) is 0 Å². The second-order valence-electron chi connectivity index (χ2n) is 2.51. The molecule has 0 spiro atoms. The van der Waals surface area contributed by atoms with E-state index in [1.807, 2.05) is 0 Å². The Morgan fingerprint density at radius 1 is 1.54 bits per heavy atom. The fourth-order valence-electron chi connectivity index (χ4n) is 1.02. The van der Waals surface area contributed by atoms with E-state index in [0.29, 0.717) is 18.1 Å². The van der Waals surface area contributed by atoms with E-state index >= 15 is 0 Å². The van der Waals surface area contributed by atoms with Gasteiger partial charge in [0.1, 0.15) is 12.9 Å². The van der Waals surface area contributed by atoms with Crippen molar-refractivity contribution in [3.05, 3.63) is 30.2 Å². The van der Waals surface area contributed by atoms with Crippen LogP contribution in [-0.2, 0) is 13.2 Å². The van der Waals surface area contributed by atoms with Gasteiger partial charge in [0.2, 0.25) is 0 Å². The van der Waals surface area contributed by atoms with Crippen molar-refractivity contribution in [2.75, 3.05) is 0 Å². The van der Waals surface area contributed by atoms with Gasteiger partial charge in [-0.1, -0.05) is 5.16 Å². The van der Waals surface area contributed by atoms with Crippen LogP contribution in [0, 0.1) is 0 Å². The van der Waals surface area contributed by atoms with Crippen molar-refractivity contribution in [2.45, 2.75) is 13.2 Å². The first-order chi connectivity index (χ1) is 6.40. The minimum absolute atomic E-state index is 0.131. The molecule has 6 nitrogen and oxygen atoms in total. The zero-order valence-corrected chi connectivity index (χ0v) is 6.79. The lowest BCUT2D eigenvalue weighted by Gasteiger charge is -1.99. The van der Waals surface area contributed by atoms with Crippen LogP contribution in [0.1, 0.15) is 11.6 Å². The van der Waals surface area contributed by atoms with Gasteiger partial charge >= 0.3 is 0 Å². The lowest BCUT2D eigenvalue weighted by molar-refractivity contribution is 0.264. The average Bonchev–Trinajstić information content (AvgIpc) is 2.76. The third kappa shape index (κ3) is 1.57. The van der Waals surface area contributed by atoms with Gasteiger partial charge in [0.25, 0.3) is 0 Å². The van der Waals surface area contributed by atoms with Gasteiger partial charge in [-0.2, -0.15) is 0 Å². The Kier molecular flexibility index (Phi) is 2.05. The number of aromatic nitrogens is 4. The Balaban J connectivity index is 2.18. The maximum absolute atomic E-state index is 8.87. The smallest absolute Gasteiger partial charge is 0.159 e. The lowest BCUT2D eigenvalue weighted by Crippen LogP contribution is -2.03. The third-order valence-corrected chi connectivity index (χ3v) is 1.65. The molecule has 0 radical (unpaired) electrons. The van der Waals surface area contributed by atoms with Crippen molar-refractivity contribution >= 4 is 0 Å². The molecule has 0 atom stereocenters. The van der Waals surface area contributed by atoms with Crippen molar-refractivity contribution < 1.29 is 9.63 Å². The summed E-state index contributed by atoms with van der Waals surface area (Å²) in [7, 11) is 0. The molecule has 0 saturated heterocycles. The van der Waals surface area contributed by atoms with E-state index in [2.05, 4.69) is 15.4 Å². The van der Waals surface area contributed by atoms with Crippen LogP contribution in [0.15, 0.2) is 23.1 Å². The Bertz CT molecular complexity index is 368. The van der Waals surface area contributed by atoms with Crippen molar-refractivity contribution in [2.24, 2.45) is 0 Å². The van der Waals surface area contributed by atoms with Gasteiger partial charge in [-0.15, -0.1) is 10.2 Å². The Labute approximate surface area is 73.8 Å². The summed E-state index contributed by atoms with van der Waals surface area (Å²) >= 11 is 0. The quantitative estimate of drug-likeness (QED) is 0.708. The number of rotatable bonds is 3. The molecule has 0 unspecified atom stereocenters. The molecular formula is C7H8N4O2. The fraction of sp³-hybridized carbons (Fsp3) is 0.286. The van der Waals surface area contributed by atoms with E-state index in [1.54, 1.807) is 16.8 Å². The third-order valence-electron chi connectivity index (χ3n) is 1.65. The van der Waals surface area contributed by atoms with Crippen LogP contribution in [0.4, 0.5) is 0 Å². The van der Waals surface area contributed by atoms with Gasteiger partial charge in [-0.3, -0.25) is 0 Å². The zero-order chi connectivity index (χ0) is 9.10. The Morgan fingerprint density at radius 3 is 3.15 bits per heavy atom. The second-order valence-corrected chi connectivity index (χ2v) is 2.51. The van der Waals surface area contributed by atoms with Gasteiger partial charge in [-0.25, -0.2) is 0 Å². The molecule has 13 heavy (non-hydrogen) atoms. The molecule has 0 aliphatic heterocycles. The van der Waals surface area contributed by atoms with Crippen molar-refractivity contribution in [3.63, 3.8) is 0 Å². The number of hydrogen-bond donors (Lipinski definition) is 1. The minimum Gasteiger partial charge on any atom is -0.388 e. The summed E-state index contributed by atoms with van der Waals surface area (Å²) in [5, 5.41) is 19.8. The lowest BCUT2D eigenvalue weighted by atomic mass is 10.4. The number of nitrogens with zero attached hydrogens (tertiary/aromatic N) is 4. The first-order valence-corrected chi connectivity index (χ1v) is 3.77. The second kappa shape index (κ2) is 3.36. The predicted octanol–water partition coefficient (Wildman–Crippen LogP) is -0.193. The summed E-state index contributed by atoms with van der Waals surface area (Å²) in [5.74, 6) is 1.21. The molecule has 0 amide bonds. The summed E-state index contributed by atoms with van der Waals surface area (Å²) in [5.41, 5.74) is 0. The van der Waals surface area contributed by atoms with Gasteiger partial charge in [0.05, 0.1) is 12.7 Å².